The van der Waals surface area contributed by atoms with Crippen LogP contribution in [0.1, 0.15) is 24.8 Å². The van der Waals surface area contributed by atoms with Gasteiger partial charge >= 0.3 is 5.97 Å². The Morgan fingerprint density at radius 2 is 1.69 bits per heavy atom. The summed E-state index contributed by atoms with van der Waals surface area (Å²) >= 11 is 0. The maximum Gasteiger partial charge on any atom is 0.311 e. The lowest BCUT2D eigenvalue weighted by Gasteiger charge is -2.15. The molecule has 0 spiro atoms. The van der Waals surface area contributed by atoms with Crippen LogP contribution in [0.3, 0.4) is 0 Å². The molecule has 4 heteroatoms. The third-order valence-electron chi connectivity index (χ3n) is 5.17. The fourth-order valence-electron chi connectivity index (χ4n) is 3.41. The molecule has 1 saturated heterocycles. The number of amides is 1. The summed E-state index contributed by atoms with van der Waals surface area (Å²) in [6.45, 7) is 1.58. The Balaban J connectivity index is 1.29. The van der Waals surface area contributed by atoms with Crippen molar-refractivity contribution in [2.75, 3.05) is 13.1 Å². The van der Waals surface area contributed by atoms with E-state index in [0.29, 0.717) is 18.9 Å². The van der Waals surface area contributed by atoms with Gasteiger partial charge in [-0.15, -0.1) is 0 Å². The predicted molar refractivity (Wildman–Crippen MR) is 99.1 cm³/mol. The van der Waals surface area contributed by atoms with Crippen LogP contribution in [0.4, 0.5) is 0 Å². The number of rotatable bonds is 6. The zero-order chi connectivity index (χ0) is 17.9. The van der Waals surface area contributed by atoms with Gasteiger partial charge in [-0.05, 0) is 35.4 Å². The topological polar surface area (TPSA) is 46.6 Å². The van der Waals surface area contributed by atoms with Crippen molar-refractivity contribution in [2.45, 2.75) is 25.9 Å². The molecule has 4 rings (SSSR count). The zero-order valence-corrected chi connectivity index (χ0v) is 14.8. The zero-order valence-electron chi connectivity index (χ0n) is 14.8. The molecule has 1 aliphatic heterocycles. The first-order valence-corrected chi connectivity index (χ1v) is 9.28. The summed E-state index contributed by atoms with van der Waals surface area (Å²) in [5, 5.41) is 0. The van der Waals surface area contributed by atoms with Crippen molar-refractivity contribution in [2.24, 2.45) is 11.8 Å². The molecule has 1 amide bonds. The summed E-state index contributed by atoms with van der Waals surface area (Å²) in [4.78, 5) is 26.1. The van der Waals surface area contributed by atoms with E-state index in [0.717, 1.165) is 23.2 Å². The van der Waals surface area contributed by atoms with Gasteiger partial charge in [0.1, 0.15) is 6.61 Å². The molecule has 2 aromatic rings. The van der Waals surface area contributed by atoms with Crippen LogP contribution >= 0.6 is 0 Å². The molecule has 1 atom stereocenters. The van der Waals surface area contributed by atoms with Gasteiger partial charge in [0.2, 0.25) is 5.91 Å². The summed E-state index contributed by atoms with van der Waals surface area (Å²) in [5.41, 5.74) is 3.26. The molecule has 1 saturated carbocycles. The van der Waals surface area contributed by atoms with Gasteiger partial charge in [0.15, 0.2) is 0 Å². The molecular weight excluding hydrogens is 326 g/mol. The molecule has 0 bridgehead atoms. The minimum Gasteiger partial charge on any atom is -0.461 e. The number of hydrogen-bond acceptors (Lipinski definition) is 3. The maximum atomic E-state index is 12.3. The second-order valence-corrected chi connectivity index (χ2v) is 7.31. The normalized spacial score (nSPS) is 19.6. The highest BCUT2D eigenvalue weighted by atomic mass is 16.5. The van der Waals surface area contributed by atoms with Crippen LogP contribution in [0.25, 0.3) is 11.1 Å². The van der Waals surface area contributed by atoms with E-state index < -0.39 is 0 Å². The van der Waals surface area contributed by atoms with Crippen molar-refractivity contribution in [1.29, 1.82) is 0 Å². The van der Waals surface area contributed by atoms with Crippen molar-refractivity contribution in [3.05, 3.63) is 60.2 Å². The van der Waals surface area contributed by atoms with Gasteiger partial charge in [-0.25, -0.2) is 0 Å². The Bertz CT molecular complexity index is 781. The molecule has 4 nitrogen and oxygen atoms in total. The fourth-order valence-corrected chi connectivity index (χ4v) is 3.41. The van der Waals surface area contributed by atoms with E-state index in [-0.39, 0.29) is 24.4 Å². The molecule has 1 unspecified atom stereocenters. The summed E-state index contributed by atoms with van der Waals surface area (Å²) in [6.07, 6.45) is 2.70. The van der Waals surface area contributed by atoms with Crippen LogP contribution < -0.4 is 0 Å². The molecular formula is C22H23NO3. The third kappa shape index (κ3) is 3.96. The van der Waals surface area contributed by atoms with Crippen LogP contribution in [-0.4, -0.2) is 29.9 Å². The number of carbonyl (C=O) groups excluding carboxylic acids is 2. The molecule has 0 radical (unpaired) electrons. The average molecular weight is 349 g/mol. The molecule has 2 aliphatic rings. The number of esters is 1. The second kappa shape index (κ2) is 7.32. The van der Waals surface area contributed by atoms with E-state index in [1.54, 1.807) is 0 Å². The Kier molecular flexibility index (Phi) is 4.74. The average Bonchev–Trinajstić information content (AvgIpc) is 3.42. The predicted octanol–water partition coefficient (Wildman–Crippen LogP) is 3.66. The minimum absolute atomic E-state index is 0.0889. The Morgan fingerprint density at radius 1 is 1.00 bits per heavy atom. The number of likely N-dealkylation sites (tertiary alicyclic amines) is 1. The Hall–Kier alpha value is -2.62. The molecule has 2 aromatic carbocycles. The van der Waals surface area contributed by atoms with Crippen molar-refractivity contribution >= 4 is 11.9 Å². The summed E-state index contributed by atoms with van der Waals surface area (Å²) in [6, 6.07) is 18.2. The lowest BCUT2D eigenvalue weighted by Crippen LogP contribution is -2.28. The largest absolute Gasteiger partial charge is 0.461 e. The summed E-state index contributed by atoms with van der Waals surface area (Å²) < 4.78 is 5.46. The molecule has 26 heavy (non-hydrogen) atoms. The first-order chi connectivity index (χ1) is 12.7. The maximum absolute atomic E-state index is 12.3. The quantitative estimate of drug-likeness (QED) is 0.748. The number of hydrogen-bond donors (Lipinski definition) is 0. The smallest absolute Gasteiger partial charge is 0.311 e. The summed E-state index contributed by atoms with van der Waals surface area (Å²) in [5.74, 6) is 0.163. The van der Waals surface area contributed by atoms with Gasteiger partial charge in [0.25, 0.3) is 0 Å². The van der Waals surface area contributed by atoms with E-state index in [1.165, 1.54) is 12.8 Å². The van der Waals surface area contributed by atoms with Gasteiger partial charge in [-0.2, -0.15) is 0 Å². The Labute approximate surface area is 153 Å². The lowest BCUT2D eigenvalue weighted by atomic mass is 10.0. The highest BCUT2D eigenvalue weighted by molar-refractivity contribution is 5.86. The van der Waals surface area contributed by atoms with E-state index >= 15 is 0 Å². The number of nitrogens with zero attached hydrogens (tertiary/aromatic N) is 1. The SMILES string of the molecule is O=C(OCc1ccc(-c2ccccc2)cc1)C1CC(=O)N(CC2CC2)C1. The Morgan fingerprint density at radius 3 is 2.38 bits per heavy atom. The van der Waals surface area contributed by atoms with E-state index in [2.05, 4.69) is 12.1 Å². The van der Waals surface area contributed by atoms with Crippen molar-refractivity contribution in [3.63, 3.8) is 0 Å². The van der Waals surface area contributed by atoms with Crippen LogP contribution in [-0.2, 0) is 20.9 Å². The number of carbonyl (C=O) groups is 2. The minimum atomic E-state index is -0.315. The number of benzene rings is 2. The highest BCUT2D eigenvalue weighted by Crippen LogP contribution is 2.32. The molecule has 1 heterocycles. The van der Waals surface area contributed by atoms with Gasteiger partial charge in [0, 0.05) is 19.5 Å². The van der Waals surface area contributed by atoms with Crippen molar-refractivity contribution in [1.82, 2.24) is 4.90 Å². The lowest BCUT2D eigenvalue weighted by molar-refractivity contribution is -0.149. The molecule has 2 fully saturated rings. The van der Waals surface area contributed by atoms with Crippen LogP contribution in [0.5, 0.6) is 0 Å². The van der Waals surface area contributed by atoms with Crippen LogP contribution in [0.2, 0.25) is 0 Å². The van der Waals surface area contributed by atoms with Gasteiger partial charge < -0.3 is 9.64 Å². The number of ether oxygens (including phenoxy) is 1. The summed E-state index contributed by atoms with van der Waals surface area (Å²) in [7, 11) is 0. The molecule has 0 N–H and O–H groups in total. The van der Waals surface area contributed by atoms with Crippen molar-refractivity contribution < 1.29 is 14.3 Å². The molecule has 1 aliphatic carbocycles. The highest BCUT2D eigenvalue weighted by Gasteiger charge is 2.37. The monoisotopic (exact) mass is 349 g/mol. The molecule has 0 aromatic heterocycles. The fraction of sp³-hybridized carbons (Fsp3) is 0.364. The molecule has 134 valence electrons. The van der Waals surface area contributed by atoms with Gasteiger partial charge in [0.05, 0.1) is 5.92 Å². The first-order valence-electron chi connectivity index (χ1n) is 9.28. The van der Waals surface area contributed by atoms with Gasteiger partial charge in [-0.3, -0.25) is 9.59 Å². The van der Waals surface area contributed by atoms with E-state index in [1.807, 2.05) is 47.4 Å². The van der Waals surface area contributed by atoms with E-state index in [4.69, 9.17) is 4.74 Å². The van der Waals surface area contributed by atoms with E-state index in [9.17, 15) is 9.59 Å². The van der Waals surface area contributed by atoms with Gasteiger partial charge in [-0.1, -0.05) is 54.6 Å². The standard InChI is InChI=1S/C22H23NO3/c24-21-12-20(14-23(21)13-16-6-7-16)22(25)26-15-17-8-10-19(11-9-17)18-4-2-1-3-5-18/h1-5,8-11,16,20H,6-7,12-15H2. The van der Waals surface area contributed by atoms with Crippen molar-refractivity contribution in [3.8, 4) is 11.1 Å². The first kappa shape index (κ1) is 16.8. The van der Waals surface area contributed by atoms with Crippen LogP contribution in [0.15, 0.2) is 54.6 Å². The third-order valence-corrected chi connectivity index (χ3v) is 5.17. The van der Waals surface area contributed by atoms with Crippen LogP contribution in [0, 0.1) is 11.8 Å². The second-order valence-electron chi connectivity index (χ2n) is 7.31.